The Morgan fingerprint density at radius 2 is 0.579 bits per heavy atom. The summed E-state index contributed by atoms with van der Waals surface area (Å²) in [4.78, 5) is 37.8. The van der Waals surface area contributed by atoms with E-state index in [4.69, 9.17) is 14.2 Å². The molecule has 57 heavy (non-hydrogen) atoms. The first kappa shape index (κ1) is 55.4. The van der Waals surface area contributed by atoms with E-state index in [1.165, 1.54) is 167 Å². The van der Waals surface area contributed by atoms with E-state index >= 15 is 0 Å². The SMILES string of the molecule is CCCCCCCCCCCC(=O)OC[C@H](COC(=O)CCCCCCCCCCCC(C)C)OC(=O)CCCCCCCCCCCCCCCCCC(C)C. The van der Waals surface area contributed by atoms with E-state index in [9.17, 15) is 14.4 Å². The van der Waals surface area contributed by atoms with Crippen molar-refractivity contribution in [1.82, 2.24) is 0 Å². The lowest BCUT2D eigenvalue weighted by Crippen LogP contribution is -2.30. The van der Waals surface area contributed by atoms with Crippen molar-refractivity contribution in [2.24, 2.45) is 11.8 Å². The molecular formula is C51H98O6. The van der Waals surface area contributed by atoms with Gasteiger partial charge in [0.1, 0.15) is 13.2 Å². The molecule has 0 amide bonds. The zero-order valence-corrected chi connectivity index (χ0v) is 39.0. The fraction of sp³-hybridized carbons (Fsp3) is 0.941. The van der Waals surface area contributed by atoms with Crippen LogP contribution < -0.4 is 0 Å². The fourth-order valence-electron chi connectivity index (χ4n) is 7.64. The largest absolute Gasteiger partial charge is 0.462 e. The van der Waals surface area contributed by atoms with Gasteiger partial charge >= 0.3 is 17.9 Å². The quantitative estimate of drug-likeness (QED) is 0.0346. The molecule has 0 saturated carbocycles. The highest BCUT2D eigenvalue weighted by atomic mass is 16.6. The van der Waals surface area contributed by atoms with Crippen molar-refractivity contribution >= 4 is 17.9 Å². The number of carbonyl (C=O) groups excluding carboxylic acids is 3. The maximum absolute atomic E-state index is 12.8. The van der Waals surface area contributed by atoms with Gasteiger partial charge in [0.05, 0.1) is 0 Å². The average Bonchev–Trinajstić information content (AvgIpc) is 3.18. The van der Waals surface area contributed by atoms with Crippen LogP contribution >= 0.6 is 0 Å². The number of unbranched alkanes of at least 4 members (excludes halogenated alkanes) is 30. The van der Waals surface area contributed by atoms with Crippen molar-refractivity contribution in [3.8, 4) is 0 Å². The zero-order valence-electron chi connectivity index (χ0n) is 39.0. The molecular weight excluding hydrogens is 709 g/mol. The van der Waals surface area contributed by atoms with Crippen LogP contribution in [0.2, 0.25) is 0 Å². The van der Waals surface area contributed by atoms with E-state index in [2.05, 4.69) is 34.6 Å². The molecule has 6 nitrogen and oxygen atoms in total. The average molecular weight is 807 g/mol. The summed E-state index contributed by atoms with van der Waals surface area (Å²) < 4.78 is 16.8. The molecule has 0 aromatic carbocycles. The third-order valence-electron chi connectivity index (χ3n) is 11.5. The predicted octanol–water partition coefficient (Wildman–Crippen LogP) is 16.1. The van der Waals surface area contributed by atoms with Gasteiger partial charge in [0, 0.05) is 19.3 Å². The van der Waals surface area contributed by atoms with Crippen molar-refractivity contribution in [3.63, 3.8) is 0 Å². The number of rotatable bonds is 45. The molecule has 0 bridgehead atoms. The summed E-state index contributed by atoms with van der Waals surface area (Å²) in [6.07, 6.45) is 43.8. The molecule has 0 aliphatic rings. The lowest BCUT2D eigenvalue weighted by atomic mass is 10.0. The molecule has 0 rings (SSSR count). The number of hydrogen-bond acceptors (Lipinski definition) is 6. The van der Waals surface area contributed by atoms with Gasteiger partial charge in [0.15, 0.2) is 6.10 Å². The molecule has 0 aromatic heterocycles. The van der Waals surface area contributed by atoms with E-state index in [0.717, 1.165) is 69.6 Å². The molecule has 0 aromatic rings. The summed E-state index contributed by atoms with van der Waals surface area (Å²) in [5.41, 5.74) is 0. The van der Waals surface area contributed by atoms with Crippen molar-refractivity contribution in [2.45, 2.75) is 285 Å². The molecule has 0 aliphatic carbocycles. The topological polar surface area (TPSA) is 78.9 Å². The van der Waals surface area contributed by atoms with Gasteiger partial charge in [-0.05, 0) is 31.1 Å². The Kier molecular flexibility index (Phi) is 42.7. The Morgan fingerprint density at radius 1 is 0.333 bits per heavy atom. The van der Waals surface area contributed by atoms with Crippen LogP contribution in [0.15, 0.2) is 0 Å². The standard InChI is InChI=1S/C51H98O6/c1-6-7-8-9-10-19-26-31-36-41-49(52)55-44-48(45-56-50(53)42-37-32-27-23-18-21-25-30-35-40-47(4)5)57-51(54)43-38-33-28-22-17-15-13-11-12-14-16-20-24-29-34-39-46(2)3/h46-48H,6-45H2,1-5H3/t48-/m1/s1. The highest BCUT2D eigenvalue weighted by molar-refractivity contribution is 5.71. The molecule has 0 radical (unpaired) electrons. The van der Waals surface area contributed by atoms with E-state index < -0.39 is 6.10 Å². The van der Waals surface area contributed by atoms with E-state index in [-0.39, 0.29) is 31.1 Å². The molecule has 0 heterocycles. The van der Waals surface area contributed by atoms with Gasteiger partial charge in [-0.2, -0.15) is 0 Å². The number of carbonyl (C=O) groups is 3. The predicted molar refractivity (Wildman–Crippen MR) is 243 cm³/mol. The van der Waals surface area contributed by atoms with Crippen LogP contribution in [0.5, 0.6) is 0 Å². The molecule has 0 spiro atoms. The molecule has 0 saturated heterocycles. The van der Waals surface area contributed by atoms with Crippen molar-refractivity contribution in [3.05, 3.63) is 0 Å². The lowest BCUT2D eigenvalue weighted by molar-refractivity contribution is -0.167. The first-order valence-corrected chi connectivity index (χ1v) is 25.2. The van der Waals surface area contributed by atoms with E-state index in [0.29, 0.717) is 19.3 Å². The summed E-state index contributed by atoms with van der Waals surface area (Å²) in [6.45, 7) is 11.3. The second-order valence-electron chi connectivity index (χ2n) is 18.4. The minimum absolute atomic E-state index is 0.0643. The van der Waals surface area contributed by atoms with Crippen molar-refractivity contribution in [2.75, 3.05) is 13.2 Å². The number of hydrogen-bond donors (Lipinski definition) is 0. The maximum Gasteiger partial charge on any atom is 0.306 e. The van der Waals surface area contributed by atoms with Crippen molar-refractivity contribution in [1.29, 1.82) is 0 Å². The summed E-state index contributed by atoms with van der Waals surface area (Å²) in [5, 5.41) is 0. The highest BCUT2D eigenvalue weighted by Gasteiger charge is 2.19. The van der Waals surface area contributed by atoms with Gasteiger partial charge in [-0.15, -0.1) is 0 Å². The summed E-state index contributed by atoms with van der Waals surface area (Å²) in [6, 6.07) is 0. The zero-order chi connectivity index (χ0) is 41.9. The third-order valence-corrected chi connectivity index (χ3v) is 11.5. The van der Waals surface area contributed by atoms with E-state index in [1.807, 2.05) is 0 Å². The van der Waals surface area contributed by atoms with Gasteiger partial charge in [0.2, 0.25) is 0 Å². The molecule has 6 heteroatoms. The summed E-state index contributed by atoms with van der Waals surface area (Å²) in [5.74, 6) is 0.803. The normalized spacial score (nSPS) is 12.1. The summed E-state index contributed by atoms with van der Waals surface area (Å²) >= 11 is 0. The van der Waals surface area contributed by atoms with Crippen LogP contribution in [0.4, 0.5) is 0 Å². The van der Waals surface area contributed by atoms with E-state index in [1.54, 1.807) is 0 Å². The molecule has 1 atom stereocenters. The molecule has 0 aliphatic heterocycles. The lowest BCUT2D eigenvalue weighted by Gasteiger charge is -2.18. The highest BCUT2D eigenvalue weighted by Crippen LogP contribution is 2.17. The van der Waals surface area contributed by atoms with Crippen molar-refractivity contribution < 1.29 is 28.6 Å². The van der Waals surface area contributed by atoms with Crippen LogP contribution in [0.25, 0.3) is 0 Å². The van der Waals surface area contributed by atoms with Gasteiger partial charge in [-0.3, -0.25) is 14.4 Å². The molecule has 0 unspecified atom stereocenters. The third kappa shape index (κ3) is 45.3. The monoisotopic (exact) mass is 807 g/mol. The molecule has 0 fully saturated rings. The Bertz CT molecular complexity index is 870. The molecule has 338 valence electrons. The van der Waals surface area contributed by atoms with Crippen LogP contribution in [-0.2, 0) is 28.6 Å². The van der Waals surface area contributed by atoms with Crippen LogP contribution in [0.3, 0.4) is 0 Å². The smallest absolute Gasteiger partial charge is 0.306 e. The minimum atomic E-state index is -0.760. The number of ether oxygens (including phenoxy) is 3. The minimum Gasteiger partial charge on any atom is -0.462 e. The maximum atomic E-state index is 12.8. The van der Waals surface area contributed by atoms with Gasteiger partial charge < -0.3 is 14.2 Å². The van der Waals surface area contributed by atoms with Crippen LogP contribution in [0, 0.1) is 11.8 Å². The second-order valence-corrected chi connectivity index (χ2v) is 18.4. The van der Waals surface area contributed by atoms with Gasteiger partial charge in [-0.25, -0.2) is 0 Å². The van der Waals surface area contributed by atoms with Gasteiger partial charge in [-0.1, -0.05) is 240 Å². The Hall–Kier alpha value is -1.59. The van der Waals surface area contributed by atoms with Gasteiger partial charge in [0.25, 0.3) is 0 Å². The fourth-order valence-corrected chi connectivity index (χ4v) is 7.64. The van der Waals surface area contributed by atoms with Crippen LogP contribution in [0.1, 0.15) is 279 Å². The number of esters is 3. The Balaban J connectivity index is 4.25. The van der Waals surface area contributed by atoms with Crippen LogP contribution in [-0.4, -0.2) is 37.2 Å². The Labute approximate surface area is 355 Å². The summed E-state index contributed by atoms with van der Waals surface area (Å²) in [7, 11) is 0. The first-order valence-electron chi connectivity index (χ1n) is 25.2. The Morgan fingerprint density at radius 3 is 0.860 bits per heavy atom. The first-order chi connectivity index (χ1) is 27.7. The second kappa shape index (κ2) is 44.0. The molecule has 0 N–H and O–H groups in total.